The van der Waals surface area contributed by atoms with Gasteiger partial charge in [-0.05, 0) is 42.9 Å². The highest BCUT2D eigenvalue weighted by molar-refractivity contribution is 5.80. The molecular weight excluding hydrogens is 322 g/mol. The third kappa shape index (κ3) is 3.57. The van der Waals surface area contributed by atoms with Crippen molar-refractivity contribution < 1.29 is 13.6 Å². The van der Waals surface area contributed by atoms with Crippen molar-refractivity contribution in [2.24, 2.45) is 5.92 Å². The maximum absolute atomic E-state index is 13.4. The first-order chi connectivity index (χ1) is 12.1. The van der Waals surface area contributed by atoms with E-state index >= 15 is 0 Å². The van der Waals surface area contributed by atoms with E-state index in [1.54, 1.807) is 0 Å². The summed E-state index contributed by atoms with van der Waals surface area (Å²) >= 11 is 0. The molecule has 2 heterocycles. The fourth-order valence-electron chi connectivity index (χ4n) is 5.04. The minimum Gasteiger partial charge on any atom is -0.334 e. The Labute approximate surface area is 148 Å². The molecule has 25 heavy (non-hydrogen) atoms. The third-order valence-corrected chi connectivity index (χ3v) is 6.22. The van der Waals surface area contributed by atoms with Crippen molar-refractivity contribution in [3.63, 3.8) is 0 Å². The molecule has 1 aromatic rings. The molecule has 1 saturated carbocycles. The van der Waals surface area contributed by atoms with Crippen molar-refractivity contribution in [1.82, 2.24) is 9.80 Å². The van der Waals surface area contributed by atoms with Gasteiger partial charge in [0.05, 0.1) is 0 Å². The quantitative estimate of drug-likeness (QED) is 0.828. The lowest BCUT2D eigenvalue weighted by Crippen LogP contribution is -2.39. The van der Waals surface area contributed by atoms with Crippen LogP contribution in [0.25, 0.3) is 0 Å². The molecule has 3 nitrogen and oxygen atoms in total. The Morgan fingerprint density at radius 2 is 1.68 bits per heavy atom. The van der Waals surface area contributed by atoms with Crippen molar-refractivity contribution in [3.05, 3.63) is 35.4 Å². The Hall–Kier alpha value is -1.49. The molecule has 0 unspecified atom stereocenters. The van der Waals surface area contributed by atoms with E-state index in [0.717, 1.165) is 31.5 Å². The van der Waals surface area contributed by atoms with Crippen LogP contribution in [-0.4, -0.2) is 40.9 Å². The zero-order valence-corrected chi connectivity index (χ0v) is 14.6. The number of nitrogens with zero attached hydrogens (tertiary/aromatic N) is 2. The summed E-state index contributed by atoms with van der Waals surface area (Å²) in [5.74, 6) is -0.269. The molecule has 0 aromatic heterocycles. The second kappa shape index (κ2) is 7.02. The molecule has 0 bridgehead atoms. The minimum atomic E-state index is -0.580. The Balaban J connectivity index is 1.43. The lowest BCUT2D eigenvalue weighted by atomic mass is 9.89. The number of halogens is 2. The Bertz CT molecular complexity index is 624. The standard InChI is InChI=1S/C20H26F2N2O/c21-16-8-15(9-17(22)10-16)13-24-18-6-7-23(19(18)11-20(24)25)12-14-4-2-1-3-5-14/h8-10,14,18-19H,1-7,11-13H2/t18-,19-/m0/s1. The maximum atomic E-state index is 13.4. The van der Waals surface area contributed by atoms with E-state index in [2.05, 4.69) is 4.90 Å². The van der Waals surface area contributed by atoms with Crippen molar-refractivity contribution >= 4 is 5.91 Å². The molecule has 0 spiro atoms. The van der Waals surface area contributed by atoms with Gasteiger partial charge in [0.25, 0.3) is 0 Å². The van der Waals surface area contributed by atoms with Gasteiger partial charge in [0.2, 0.25) is 5.91 Å². The smallest absolute Gasteiger partial charge is 0.224 e. The van der Waals surface area contributed by atoms with E-state index in [-0.39, 0.29) is 18.0 Å². The van der Waals surface area contributed by atoms with Gasteiger partial charge in [-0.1, -0.05) is 19.3 Å². The highest BCUT2D eigenvalue weighted by Gasteiger charge is 2.46. The second-order valence-electron chi connectivity index (χ2n) is 7.93. The molecule has 4 rings (SSSR count). The van der Waals surface area contributed by atoms with Crippen LogP contribution in [0.1, 0.15) is 50.5 Å². The Morgan fingerprint density at radius 1 is 0.960 bits per heavy atom. The highest BCUT2D eigenvalue weighted by atomic mass is 19.1. The number of fused-ring (bicyclic) bond motifs is 1. The molecule has 2 saturated heterocycles. The third-order valence-electron chi connectivity index (χ3n) is 6.22. The summed E-state index contributed by atoms with van der Waals surface area (Å²) < 4.78 is 26.9. The van der Waals surface area contributed by atoms with Crippen molar-refractivity contribution in [1.29, 1.82) is 0 Å². The Morgan fingerprint density at radius 3 is 2.40 bits per heavy atom. The van der Waals surface area contributed by atoms with Gasteiger partial charge in [-0.15, -0.1) is 0 Å². The van der Waals surface area contributed by atoms with Crippen LogP contribution in [0.3, 0.4) is 0 Å². The summed E-state index contributed by atoms with van der Waals surface area (Å²) in [7, 11) is 0. The maximum Gasteiger partial charge on any atom is 0.224 e. The van der Waals surface area contributed by atoms with Crippen LogP contribution < -0.4 is 0 Å². The van der Waals surface area contributed by atoms with Crippen LogP contribution in [0.5, 0.6) is 0 Å². The average Bonchev–Trinajstić information content (AvgIpc) is 3.08. The molecule has 1 amide bonds. The molecule has 0 radical (unpaired) electrons. The molecule has 2 atom stereocenters. The van der Waals surface area contributed by atoms with E-state index in [1.165, 1.54) is 44.2 Å². The summed E-state index contributed by atoms with van der Waals surface area (Å²) in [6.07, 6.45) is 8.18. The number of amides is 1. The number of benzene rings is 1. The van der Waals surface area contributed by atoms with E-state index in [1.807, 2.05) is 4.90 Å². The van der Waals surface area contributed by atoms with Gasteiger partial charge < -0.3 is 4.90 Å². The first-order valence-corrected chi connectivity index (χ1v) is 9.58. The predicted molar refractivity (Wildman–Crippen MR) is 91.9 cm³/mol. The van der Waals surface area contributed by atoms with Gasteiger partial charge in [0.1, 0.15) is 11.6 Å². The van der Waals surface area contributed by atoms with Gasteiger partial charge >= 0.3 is 0 Å². The van der Waals surface area contributed by atoms with Crippen LogP contribution in [-0.2, 0) is 11.3 Å². The number of hydrogen-bond acceptors (Lipinski definition) is 2. The lowest BCUT2D eigenvalue weighted by Gasteiger charge is -2.30. The molecular formula is C20H26F2N2O. The fraction of sp³-hybridized carbons (Fsp3) is 0.650. The van der Waals surface area contributed by atoms with Crippen molar-refractivity contribution in [2.75, 3.05) is 13.1 Å². The molecule has 3 aliphatic rings. The van der Waals surface area contributed by atoms with Crippen molar-refractivity contribution in [2.45, 2.75) is 63.6 Å². The number of hydrogen-bond donors (Lipinski definition) is 0. The molecule has 2 aliphatic heterocycles. The summed E-state index contributed by atoms with van der Waals surface area (Å²) in [5, 5.41) is 0. The second-order valence-corrected chi connectivity index (χ2v) is 7.93. The number of carbonyl (C=O) groups excluding carboxylic acids is 1. The van der Waals surface area contributed by atoms with E-state index in [0.29, 0.717) is 18.5 Å². The van der Waals surface area contributed by atoms with E-state index in [4.69, 9.17) is 0 Å². The molecule has 136 valence electrons. The fourth-order valence-corrected chi connectivity index (χ4v) is 5.04. The van der Waals surface area contributed by atoms with Crippen LogP contribution in [0.15, 0.2) is 18.2 Å². The zero-order valence-electron chi connectivity index (χ0n) is 14.6. The van der Waals surface area contributed by atoms with Gasteiger partial charge in [0, 0.05) is 44.2 Å². The molecule has 0 N–H and O–H groups in total. The number of carbonyl (C=O) groups is 1. The molecule has 5 heteroatoms. The number of rotatable bonds is 4. The van der Waals surface area contributed by atoms with Gasteiger partial charge in [-0.25, -0.2) is 8.78 Å². The summed E-state index contributed by atoms with van der Waals surface area (Å²) in [5.41, 5.74) is 0.539. The summed E-state index contributed by atoms with van der Waals surface area (Å²) in [4.78, 5) is 16.9. The van der Waals surface area contributed by atoms with E-state index in [9.17, 15) is 13.6 Å². The normalized spacial score (nSPS) is 27.9. The molecule has 3 fully saturated rings. The van der Waals surface area contributed by atoms with Gasteiger partial charge in [0.15, 0.2) is 0 Å². The number of likely N-dealkylation sites (tertiary alicyclic amines) is 2. The van der Waals surface area contributed by atoms with Gasteiger partial charge in [-0.2, -0.15) is 0 Å². The monoisotopic (exact) mass is 348 g/mol. The van der Waals surface area contributed by atoms with Crippen LogP contribution in [0.2, 0.25) is 0 Å². The largest absolute Gasteiger partial charge is 0.334 e. The topological polar surface area (TPSA) is 23.6 Å². The predicted octanol–water partition coefficient (Wildman–Crippen LogP) is 3.72. The van der Waals surface area contributed by atoms with Crippen LogP contribution >= 0.6 is 0 Å². The molecule has 1 aliphatic carbocycles. The van der Waals surface area contributed by atoms with Crippen LogP contribution in [0, 0.1) is 17.6 Å². The van der Waals surface area contributed by atoms with E-state index < -0.39 is 11.6 Å². The minimum absolute atomic E-state index is 0.119. The van der Waals surface area contributed by atoms with Crippen molar-refractivity contribution in [3.8, 4) is 0 Å². The van der Waals surface area contributed by atoms with Crippen LogP contribution in [0.4, 0.5) is 8.78 Å². The zero-order chi connectivity index (χ0) is 17.4. The van der Waals surface area contributed by atoms with Gasteiger partial charge in [-0.3, -0.25) is 9.69 Å². The summed E-state index contributed by atoms with van der Waals surface area (Å²) in [6.45, 7) is 2.45. The first kappa shape index (κ1) is 17.0. The SMILES string of the molecule is O=C1C[C@H]2[C@H](CCN2CC2CCCCC2)N1Cc1cc(F)cc(F)c1. The highest BCUT2D eigenvalue weighted by Crippen LogP contribution is 2.35. The molecule has 1 aromatic carbocycles. The Kier molecular flexibility index (Phi) is 4.76. The lowest BCUT2D eigenvalue weighted by molar-refractivity contribution is -0.129. The average molecular weight is 348 g/mol. The first-order valence-electron chi connectivity index (χ1n) is 9.58. The summed E-state index contributed by atoms with van der Waals surface area (Å²) in [6, 6.07) is 4.02.